The summed E-state index contributed by atoms with van der Waals surface area (Å²) >= 11 is 0. The fraction of sp³-hybridized carbons (Fsp3) is 0.250. The normalized spacial score (nSPS) is 10.2. The standard InChI is InChI=1S/C12H13NO5/c1-6(2)10(14)13-9-4-7(11(15)16)3-8(5-9)12(17)18/h3-6H,1-2H3,(H,13,14)(H,15,16)(H,17,18). The summed E-state index contributed by atoms with van der Waals surface area (Å²) in [4.78, 5) is 33.2. The minimum absolute atomic E-state index is 0.158. The summed E-state index contributed by atoms with van der Waals surface area (Å²) < 4.78 is 0. The Kier molecular flexibility index (Phi) is 4.04. The van der Waals surface area contributed by atoms with E-state index >= 15 is 0 Å². The van der Waals surface area contributed by atoms with Crippen molar-refractivity contribution < 1.29 is 24.6 Å². The molecule has 0 atom stereocenters. The van der Waals surface area contributed by atoms with E-state index < -0.39 is 11.9 Å². The highest BCUT2D eigenvalue weighted by Gasteiger charge is 2.13. The molecule has 0 saturated carbocycles. The number of aromatic carboxylic acids is 2. The molecule has 0 bridgehead atoms. The maximum Gasteiger partial charge on any atom is 0.335 e. The molecule has 0 spiro atoms. The second kappa shape index (κ2) is 5.31. The topological polar surface area (TPSA) is 104 Å². The van der Waals surface area contributed by atoms with Crippen molar-refractivity contribution in [3.05, 3.63) is 29.3 Å². The first-order valence-corrected chi connectivity index (χ1v) is 5.24. The molecule has 3 N–H and O–H groups in total. The second-order valence-corrected chi connectivity index (χ2v) is 4.05. The van der Waals surface area contributed by atoms with Crippen LogP contribution in [0.3, 0.4) is 0 Å². The Morgan fingerprint density at radius 3 is 1.78 bits per heavy atom. The third-order valence-electron chi connectivity index (χ3n) is 2.22. The van der Waals surface area contributed by atoms with E-state index in [1.807, 2.05) is 0 Å². The minimum Gasteiger partial charge on any atom is -0.478 e. The monoisotopic (exact) mass is 251 g/mol. The number of amides is 1. The summed E-state index contributed by atoms with van der Waals surface area (Å²) in [6.07, 6.45) is 0. The van der Waals surface area contributed by atoms with Crippen molar-refractivity contribution >= 4 is 23.5 Å². The number of nitrogens with one attached hydrogen (secondary N) is 1. The van der Waals surface area contributed by atoms with Gasteiger partial charge in [0.25, 0.3) is 0 Å². The van der Waals surface area contributed by atoms with Crippen molar-refractivity contribution in [2.45, 2.75) is 13.8 Å². The van der Waals surface area contributed by atoms with Crippen molar-refractivity contribution in [2.24, 2.45) is 5.92 Å². The highest BCUT2D eigenvalue weighted by atomic mass is 16.4. The molecule has 6 nitrogen and oxygen atoms in total. The molecule has 1 rings (SSSR count). The van der Waals surface area contributed by atoms with E-state index in [9.17, 15) is 14.4 Å². The fourth-order valence-electron chi connectivity index (χ4n) is 1.23. The van der Waals surface area contributed by atoms with Crippen LogP contribution in [0.4, 0.5) is 5.69 Å². The van der Waals surface area contributed by atoms with Gasteiger partial charge in [-0.05, 0) is 18.2 Å². The Morgan fingerprint density at radius 1 is 1.00 bits per heavy atom. The molecule has 0 aromatic heterocycles. The van der Waals surface area contributed by atoms with Crippen LogP contribution in [0, 0.1) is 5.92 Å². The number of hydrogen-bond acceptors (Lipinski definition) is 3. The summed E-state index contributed by atoms with van der Waals surface area (Å²) in [5.41, 5.74) is -0.214. The first kappa shape index (κ1) is 13.7. The van der Waals surface area contributed by atoms with Crippen LogP contribution < -0.4 is 5.32 Å². The fourth-order valence-corrected chi connectivity index (χ4v) is 1.23. The van der Waals surface area contributed by atoms with Gasteiger partial charge >= 0.3 is 11.9 Å². The Bertz CT molecular complexity index is 475. The quantitative estimate of drug-likeness (QED) is 0.755. The molecule has 18 heavy (non-hydrogen) atoms. The van der Waals surface area contributed by atoms with Crippen LogP contribution >= 0.6 is 0 Å². The zero-order valence-electron chi connectivity index (χ0n) is 9.93. The first-order chi connectivity index (χ1) is 8.31. The molecule has 0 fully saturated rings. The Labute approximate surface area is 103 Å². The lowest BCUT2D eigenvalue weighted by atomic mass is 10.1. The summed E-state index contributed by atoms with van der Waals surface area (Å²) in [6.45, 7) is 3.35. The SMILES string of the molecule is CC(C)C(=O)Nc1cc(C(=O)O)cc(C(=O)O)c1. The van der Waals surface area contributed by atoms with Crippen molar-refractivity contribution in [3.63, 3.8) is 0 Å². The van der Waals surface area contributed by atoms with Crippen LogP contribution in [-0.2, 0) is 4.79 Å². The summed E-state index contributed by atoms with van der Waals surface area (Å²) in [5.74, 6) is -3.10. The van der Waals surface area contributed by atoms with E-state index in [0.717, 1.165) is 6.07 Å². The van der Waals surface area contributed by atoms with Crippen LogP contribution in [0.2, 0.25) is 0 Å². The number of hydrogen-bond donors (Lipinski definition) is 3. The zero-order chi connectivity index (χ0) is 13.9. The lowest BCUT2D eigenvalue weighted by molar-refractivity contribution is -0.118. The summed E-state index contributed by atoms with van der Waals surface area (Å²) in [6, 6.07) is 3.47. The Balaban J connectivity index is 3.15. The van der Waals surface area contributed by atoms with Gasteiger partial charge < -0.3 is 15.5 Å². The Morgan fingerprint density at radius 2 is 1.44 bits per heavy atom. The highest BCUT2D eigenvalue weighted by molar-refractivity contribution is 5.98. The molecular formula is C12H13NO5. The van der Waals surface area contributed by atoms with Crippen LogP contribution in [0.25, 0.3) is 0 Å². The number of anilines is 1. The van der Waals surface area contributed by atoms with Crippen molar-refractivity contribution in [2.75, 3.05) is 5.32 Å². The average molecular weight is 251 g/mol. The molecule has 0 heterocycles. The Hall–Kier alpha value is -2.37. The molecule has 0 aliphatic carbocycles. The van der Waals surface area contributed by atoms with Gasteiger partial charge in [-0.2, -0.15) is 0 Å². The summed E-state index contributed by atoms with van der Waals surface area (Å²) in [5, 5.41) is 20.2. The van der Waals surface area contributed by atoms with Crippen LogP contribution in [0.5, 0.6) is 0 Å². The van der Waals surface area contributed by atoms with Gasteiger partial charge in [-0.3, -0.25) is 4.79 Å². The van der Waals surface area contributed by atoms with E-state index in [4.69, 9.17) is 10.2 Å². The predicted octanol–water partition coefficient (Wildman–Crippen LogP) is 1.68. The third kappa shape index (κ3) is 3.31. The zero-order valence-corrected chi connectivity index (χ0v) is 9.93. The molecule has 1 aromatic rings. The van der Waals surface area contributed by atoms with Gasteiger partial charge in [0.05, 0.1) is 11.1 Å². The second-order valence-electron chi connectivity index (χ2n) is 4.05. The van der Waals surface area contributed by atoms with Gasteiger partial charge in [0, 0.05) is 11.6 Å². The average Bonchev–Trinajstić information content (AvgIpc) is 2.28. The highest BCUT2D eigenvalue weighted by Crippen LogP contribution is 2.16. The smallest absolute Gasteiger partial charge is 0.335 e. The van der Waals surface area contributed by atoms with Crippen LogP contribution in [0.15, 0.2) is 18.2 Å². The maximum absolute atomic E-state index is 11.5. The molecule has 0 radical (unpaired) electrons. The van der Waals surface area contributed by atoms with E-state index in [-0.39, 0.29) is 28.6 Å². The molecule has 0 saturated heterocycles. The number of rotatable bonds is 4. The van der Waals surface area contributed by atoms with Gasteiger partial charge in [0.15, 0.2) is 0 Å². The molecule has 0 aliphatic rings. The molecule has 96 valence electrons. The molecule has 1 amide bonds. The van der Waals surface area contributed by atoms with Crippen molar-refractivity contribution in [1.82, 2.24) is 0 Å². The number of carbonyl (C=O) groups excluding carboxylic acids is 1. The van der Waals surface area contributed by atoms with Crippen molar-refractivity contribution in [1.29, 1.82) is 0 Å². The van der Waals surface area contributed by atoms with Crippen molar-refractivity contribution in [3.8, 4) is 0 Å². The van der Waals surface area contributed by atoms with Gasteiger partial charge in [-0.1, -0.05) is 13.8 Å². The van der Waals surface area contributed by atoms with E-state index in [2.05, 4.69) is 5.32 Å². The third-order valence-corrected chi connectivity index (χ3v) is 2.22. The van der Waals surface area contributed by atoms with Gasteiger partial charge in [-0.25, -0.2) is 9.59 Å². The van der Waals surface area contributed by atoms with Gasteiger partial charge in [-0.15, -0.1) is 0 Å². The first-order valence-electron chi connectivity index (χ1n) is 5.24. The maximum atomic E-state index is 11.5. The predicted molar refractivity (Wildman–Crippen MR) is 63.8 cm³/mol. The van der Waals surface area contributed by atoms with Gasteiger partial charge in [0.1, 0.15) is 0 Å². The molecule has 0 unspecified atom stereocenters. The lowest BCUT2D eigenvalue weighted by Gasteiger charge is -2.09. The number of carbonyl (C=O) groups is 3. The van der Waals surface area contributed by atoms with E-state index in [0.29, 0.717) is 0 Å². The minimum atomic E-state index is -1.25. The molecular weight excluding hydrogens is 238 g/mol. The van der Waals surface area contributed by atoms with Gasteiger partial charge in [0.2, 0.25) is 5.91 Å². The van der Waals surface area contributed by atoms with Crippen LogP contribution in [-0.4, -0.2) is 28.1 Å². The molecule has 1 aromatic carbocycles. The summed E-state index contributed by atoms with van der Waals surface area (Å²) in [7, 11) is 0. The van der Waals surface area contributed by atoms with Crippen LogP contribution in [0.1, 0.15) is 34.6 Å². The number of carboxylic acids is 2. The largest absolute Gasteiger partial charge is 0.478 e. The molecule has 6 heteroatoms. The number of carboxylic acid groups (broad SMARTS) is 2. The lowest BCUT2D eigenvalue weighted by Crippen LogP contribution is -2.18. The van der Waals surface area contributed by atoms with E-state index in [1.165, 1.54) is 12.1 Å². The molecule has 0 aliphatic heterocycles. The van der Waals surface area contributed by atoms with E-state index in [1.54, 1.807) is 13.8 Å². The number of benzene rings is 1.